The Bertz CT molecular complexity index is 2620. The van der Waals surface area contributed by atoms with Crippen LogP contribution in [0.2, 0.25) is 0 Å². The van der Waals surface area contributed by atoms with Gasteiger partial charge in [0.25, 0.3) is 60.7 Å². The van der Waals surface area contributed by atoms with Gasteiger partial charge in [0.2, 0.25) is 0 Å². The average molecular weight is 734 g/mol. The van der Waals surface area contributed by atoms with Crippen molar-refractivity contribution in [3.8, 4) is 11.1 Å². The van der Waals surface area contributed by atoms with Crippen LogP contribution in [-0.4, -0.2) is 77.8 Å². The third-order valence-electron chi connectivity index (χ3n) is 5.92. The molecule has 0 atom stereocenters. The van der Waals surface area contributed by atoms with Crippen LogP contribution in [0.4, 0.5) is 0 Å². The van der Waals surface area contributed by atoms with Crippen LogP contribution in [-0.2, 0) is 60.7 Å². The molecule has 0 fully saturated rings. The van der Waals surface area contributed by atoms with Gasteiger partial charge >= 0.3 is 0 Å². The van der Waals surface area contributed by atoms with Crippen LogP contribution in [0, 0.1) is 6.07 Å². The number of fused-ring (bicyclic) bond motifs is 2. The van der Waals surface area contributed by atoms with Crippen LogP contribution in [0.25, 0.3) is 32.7 Å². The largest absolute Gasteiger partial charge is 0.295 e. The van der Waals surface area contributed by atoms with Crippen molar-refractivity contribution < 1.29 is 77.8 Å². The van der Waals surface area contributed by atoms with Crippen molar-refractivity contribution in [2.45, 2.75) is 29.4 Å². The lowest BCUT2D eigenvalue weighted by atomic mass is 9.96. The molecular formula is C20H13O18S6. The van der Waals surface area contributed by atoms with Gasteiger partial charge in [-0.1, -0.05) is 12.1 Å². The summed E-state index contributed by atoms with van der Waals surface area (Å²) < 4.78 is 204. The third kappa shape index (κ3) is 6.19. The zero-order chi connectivity index (χ0) is 33.6. The minimum atomic E-state index is -5.71. The van der Waals surface area contributed by atoms with Crippen molar-refractivity contribution >= 4 is 82.3 Å². The Hall–Kier alpha value is -3.14. The lowest BCUT2D eigenvalue weighted by Crippen LogP contribution is -2.10. The summed E-state index contributed by atoms with van der Waals surface area (Å²) in [5.74, 6) is 0. The minimum Gasteiger partial charge on any atom is -0.282 e. The Morgan fingerprint density at radius 3 is 1.34 bits per heavy atom. The molecule has 4 aromatic carbocycles. The van der Waals surface area contributed by atoms with Gasteiger partial charge in [-0.05, 0) is 36.4 Å². The molecular weight excluding hydrogens is 721 g/mol. The van der Waals surface area contributed by atoms with E-state index in [-0.39, 0.29) is 12.1 Å². The maximum atomic E-state index is 12.7. The average Bonchev–Trinajstić information content (AvgIpc) is 2.82. The van der Waals surface area contributed by atoms with E-state index in [1.165, 1.54) is 0 Å². The van der Waals surface area contributed by atoms with Crippen molar-refractivity contribution in [2.24, 2.45) is 0 Å². The van der Waals surface area contributed by atoms with E-state index in [1.807, 2.05) is 0 Å². The molecule has 0 bridgehead atoms. The summed E-state index contributed by atoms with van der Waals surface area (Å²) in [5, 5.41) is -4.02. The molecule has 18 nitrogen and oxygen atoms in total. The summed E-state index contributed by atoms with van der Waals surface area (Å²) in [7, 11) is -32.9. The van der Waals surface area contributed by atoms with Crippen LogP contribution < -0.4 is 0 Å². The van der Waals surface area contributed by atoms with E-state index >= 15 is 0 Å². The Morgan fingerprint density at radius 2 is 0.909 bits per heavy atom. The summed E-state index contributed by atoms with van der Waals surface area (Å²) in [6, 6.07) is 4.79. The molecule has 24 heteroatoms. The molecule has 0 amide bonds. The molecule has 0 aliphatic carbocycles. The van der Waals surface area contributed by atoms with Crippen LogP contribution in [0.1, 0.15) is 0 Å². The van der Waals surface area contributed by atoms with Crippen molar-refractivity contribution in [2.75, 3.05) is 0 Å². The predicted octanol–water partition coefficient (Wildman–Crippen LogP) is 0.940. The summed E-state index contributed by atoms with van der Waals surface area (Å²) in [6.45, 7) is 0. The SMILES string of the molecule is O=S(=O)(O)c1cc(S(=O)(=O)O)c2ccc(-c3[c]cc(S(=O)(=O)O)c4cc(S(=O)(=O)O)cc(S(=O)(=O)O)c34)c(S(=O)(=O)O)c2c1. The molecule has 44 heavy (non-hydrogen) atoms. The molecule has 237 valence electrons. The number of hydrogen-bond donors (Lipinski definition) is 6. The van der Waals surface area contributed by atoms with Crippen LogP contribution in [0.15, 0.2) is 71.8 Å². The zero-order valence-electron chi connectivity index (χ0n) is 20.6. The second kappa shape index (κ2) is 10.2. The quantitative estimate of drug-likeness (QED) is 0.144. The Labute approximate surface area is 248 Å². The lowest BCUT2D eigenvalue weighted by Gasteiger charge is -2.18. The molecule has 0 spiro atoms. The monoisotopic (exact) mass is 733 g/mol. The van der Waals surface area contributed by atoms with Crippen LogP contribution in [0.5, 0.6) is 0 Å². The van der Waals surface area contributed by atoms with Crippen molar-refractivity contribution in [3.05, 3.63) is 48.5 Å². The summed E-state index contributed by atoms with van der Waals surface area (Å²) in [4.78, 5) is -8.24. The predicted molar refractivity (Wildman–Crippen MR) is 145 cm³/mol. The lowest BCUT2D eigenvalue weighted by molar-refractivity contribution is 0.477. The Balaban J connectivity index is 2.43. The first kappa shape index (κ1) is 33.7. The summed E-state index contributed by atoms with van der Waals surface area (Å²) in [6.07, 6.45) is 0. The maximum absolute atomic E-state index is 12.7. The van der Waals surface area contributed by atoms with Gasteiger partial charge in [0, 0.05) is 32.7 Å². The van der Waals surface area contributed by atoms with Gasteiger partial charge in [0.05, 0.1) is 9.79 Å². The highest BCUT2D eigenvalue weighted by Crippen LogP contribution is 2.43. The van der Waals surface area contributed by atoms with Gasteiger partial charge in [0.15, 0.2) is 0 Å². The number of hydrogen-bond acceptors (Lipinski definition) is 12. The number of rotatable bonds is 7. The molecule has 0 unspecified atom stereocenters. The first-order chi connectivity index (χ1) is 19.6. The van der Waals surface area contributed by atoms with E-state index in [0.29, 0.717) is 30.3 Å². The highest BCUT2D eigenvalue weighted by Gasteiger charge is 2.31. The molecule has 0 aliphatic rings. The fraction of sp³-hybridized carbons (Fsp3) is 0. The zero-order valence-corrected chi connectivity index (χ0v) is 25.5. The van der Waals surface area contributed by atoms with Crippen LogP contribution >= 0.6 is 0 Å². The maximum Gasteiger partial charge on any atom is 0.295 e. The Kier molecular flexibility index (Phi) is 7.81. The standard InChI is InChI=1S/C20H13O18S6/c21-39(22,23)9-5-14-11(17(7-9)42(30,31)32)1-2-13(20(14)44(36,37)38)12-3-4-16(41(27,28)29)15-6-10(40(24,25)26)8-18(19(12)15)43(33,34)35/h1-2,4-8H,(H,21,22,23)(H,24,25,26)(H,27,28,29)(H,30,31,32)(H,33,34,35)(H,36,37,38). The van der Waals surface area contributed by atoms with E-state index in [2.05, 4.69) is 6.07 Å². The molecule has 6 N–H and O–H groups in total. The molecule has 0 saturated heterocycles. The normalized spacial score (nSPS) is 13.9. The topological polar surface area (TPSA) is 326 Å². The van der Waals surface area contributed by atoms with E-state index in [1.54, 1.807) is 0 Å². The fourth-order valence-corrected chi connectivity index (χ4v) is 8.53. The molecule has 0 heterocycles. The van der Waals surface area contributed by atoms with Gasteiger partial charge in [-0.2, -0.15) is 50.5 Å². The van der Waals surface area contributed by atoms with Gasteiger partial charge in [-0.15, -0.1) is 0 Å². The van der Waals surface area contributed by atoms with E-state index in [0.717, 1.165) is 0 Å². The minimum absolute atomic E-state index is 0.110. The van der Waals surface area contributed by atoms with Crippen molar-refractivity contribution in [1.29, 1.82) is 0 Å². The van der Waals surface area contributed by atoms with E-state index < -0.39 is 123 Å². The molecule has 0 aliphatic heterocycles. The van der Waals surface area contributed by atoms with Gasteiger partial charge in [-0.3, -0.25) is 27.3 Å². The molecule has 4 aromatic rings. The van der Waals surface area contributed by atoms with Gasteiger partial charge < -0.3 is 0 Å². The Morgan fingerprint density at radius 1 is 0.455 bits per heavy atom. The molecule has 0 saturated carbocycles. The van der Waals surface area contributed by atoms with Crippen molar-refractivity contribution in [1.82, 2.24) is 0 Å². The highest BCUT2D eigenvalue weighted by molar-refractivity contribution is 7.88. The second-order valence-corrected chi connectivity index (χ2v) is 17.1. The molecule has 4 rings (SSSR count). The summed E-state index contributed by atoms with van der Waals surface area (Å²) in [5.41, 5.74) is -1.85. The third-order valence-corrected chi connectivity index (χ3v) is 11.2. The van der Waals surface area contributed by atoms with E-state index in [9.17, 15) is 77.8 Å². The second-order valence-electron chi connectivity index (χ2n) is 8.68. The van der Waals surface area contributed by atoms with Gasteiger partial charge in [-0.25, -0.2) is 0 Å². The number of benzene rings is 4. The highest BCUT2D eigenvalue weighted by atomic mass is 32.2. The smallest absolute Gasteiger partial charge is 0.282 e. The molecule has 1 radical (unpaired) electrons. The summed E-state index contributed by atoms with van der Waals surface area (Å²) >= 11 is 0. The fourth-order valence-electron chi connectivity index (χ4n) is 4.29. The molecule has 0 aromatic heterocycles. The van der Waals surface area contributed by atoms with Crippen LogP contribution in [0.3, 0.4) is 0 Å². The first-order valence-electron chi connectivity index (χ1n) is 10.6. The first-order valence-corrected chi connectivity index (χ1v) is 19.3. The van der Waals surface area contributed by atoms with E-state index in [4.69, 9.17) is 0 Å². The van der Waals surface area contributed by atoms with Crippen molar-refractivity contribution in [3.63, 3.8) is 0 Å². The van der Waals surface area contributed by atoms with Gasteiger partial charge in [0.1, 0.15) is 19.6 Å².